The Labute approximate surface area is 321 Å². The van der Waals surface area contributed by atoms with E-state index in [0.717, 1.165) is 103 Å². The molecule has 2 aromatic heterocycles. The molecule has 11 nitrogen and oxygen atoms in total. The van der Waals surface area contributed by atoms with E-state index in [0.29, 0.717) is 41.2 Å². The van der Waals surface area contributed by atoms with Crippen molar-refractivity contribution in [1.29, 1.82) is 0 Å². The van der Waals surface area contributed by atoms with Gasteiger partial charge in [-0.3, -0.25) is 4.79 Å². The first-order valence-electron chi connectivity index (χ1n) is 19.3. The van der Waals surface area contributed by atoms with Gasteiger partial charge in [-0.15, -0.1) is 0 Å². The Kier molecular flexibility index (Phi) is 10.2. The van der Waals surface area contributed by atoms with E-state index in [1.54, 1.807) is 24.3 Å². The summed E-state index contributed by atoms with van der Waals surface area (Å²) in [4.78, 5) is 35.7. The molecule has 2 aliphatic heterocycles. The third-order valence-electron chi connectivity index (χ3n) is 11.0. The number of carbonyl (C=O) groups is 1. The molecule has 0 radical (unpaired) electrons. The molecule has 4 heterocycles. The summed E-state index contributed by atoms with van der Waals surface area (Å²) in [6, 6.07) is 26.9. The second-order valence-corrected chi connectivity index (χ2v) is 15.3. The van der Waals surface area contributed by atoms with Crippen molar-refractivity contribution < 1.29 is 15.0 Å². The Morgan fingerprint density at radius 3 is 1.65 bits per heavy atom. The minimum absolute atomic E-state index is 0.178. The Bertz CT molecular complexity index is 2360. The van der Waals surface area contributed by atoms with Crippen LogP contribution >= 0.6 is 0 Å². The maximum absolute atomic E-state index is 12.0. The number of amides is 1. The van der Waals surface area contributed by atoms with Crippen LogP contribution in [0.15, 0.2) is 84.9 Å². The minimum atomic E-state index is 0.178. The molecule has 3 aliphatic rings. The van der Waals surface area contributed by atoms with Gasteiger partial charge in [0.1, 0.15) is 23.1 Å². The fraction of sp³-hybridized carbons (Fsp3) is 0.341. The molecular weight excluding hydrogens is 689 g/mol. The lowest BCUT2D eigenvalue weighted by molar-refractivity contribution is -0.122. The summed E-state index contributed by atoms with van der Waals surface area (Å²) in [6.45, 7) is 9.13. The molecule has 2 saturated heterocycles. The SMILES string of the molecule is Cc1ccc2c(N3CC[C@@H](CN)C3)nc(-c3ccccc3O)nc2c1.Cc1ccc2c(N3CC[C@@H](CNC(=O)C4CC4)C3)nc(-c3ccccc3O)nc2c1. The zero-order chi connectivity index (χ0) is 38.1. The monoisotopic (exact) mass is 736 g/mol. The molecule has 9 rings (SSSR count). The zero-order valence-electron chi connectivity index (χ0n) is 31.4. The van der Waals surface area contributed by atoms with Gasteiger partial charge < -0.3 is 31.1 Å². The smallest absolute Gasteiger partial charge is 0.223 e. The number of rotatable bonds is 8. The molecule has 3 fully saturated rings. The van der Waals surface area contributed by atoms with Crippen LogP contribution in [0, 0.1) is 31.6 Å². The molecule has 55 heavy (non-hydrogen) atoms. The molecule has 0 bridgehead atoms. The second-order valence-electron chi connectivity index (χ2n) is 15.3. The predicted octanol–water partition coefficient (Wildman–Crippen LogP) is 6.76. The summed E-state index contributed by atoms with van der Waals surface area (Å²) in [7, 11) is 0. The van der Waals surface area contributed by atoms with Crippen LogP contribution in [0.5, 0.6) is 11.5 Å². The maximum atomic E-state index is 12.0. The summed E-state index contributed by atoms with van der Waals surface area (Å²) in [6.07, 6.45) is 4.17. The molecule has 1 aliphatic carbocycles. The Morgan fingerprint density at radius 1 is 0.691 bits per heavy atom. The summed E-state index contributed by atoms with van der Waals surface area (Å²) in [5.41, 5.74) is 11.2. The average molecular weight is 737 g/mol. The van der Waals surface area contributed by atoms with Gasteiger partial charge in [0.05, 0.1) is 22.2 Å². The van der Waals surface area contributed by atoms with Crippen molar-refractivity contribution in [2.24, 2.45) is 23.5 Å². The quantitative estimate of drug-likeness (QED) is 0.132. The van der Waals surface area contributed by atoms with E-state index in [2.05, 4.69) is 65.4 Å². The van der Waals surface area contributed by atoms with Crippen molar-refractivity contribution in [1.82, 2.24) is 25.3 Å². The van der Waals surface area contributed by atoms with E-state index in [9.17, 15) is 15.0 Å². The van der Waals surface area contributed by atoms with Crippen LogP contribution in [0.3, 0.4) is 0 Å². The number of aryl methyl sites for hydroxylation is 2. The van der Waals surface area contributed by atoms with E-state index in [-0.39, 0.29) is 23.3 Å². The van der Waals surface area contributed by atoms with Gasteiger partial charge in [-0.25, -0.2) is 19.9 Å². The highest BCUT2D eigenvalue weighted by Gasteiger charge is 2.31. The fourth-order valence-electron chi connectivity index (χ4n) is 7.64. The van der Waals surface area contributed by atoms with Gasteiger partial charge in [0.25, 0.3) is 0 Å². The summed E-state index contributed by atoms with van der Waals surface area (Å²) in [5, 5.41) is 25.7. The van der Waals surface area contributed by atoms with E-state index in [1.807, 2.05) is 24.3 Å². The molecule has 5 N–H and O–H groups in total. The number of para-hydroxylation sites is 2. The van der Waals surface area contributed by atoms with Crippen LogP contribution in [0.1, 0.15) is 36.8 Å². The maximum Gasteiger partial charge on any atom is 0.223 e. The number of nitrogens with one attached hydrogen (secondary N) is 1. The van der Waals surface area contributed by atoms with Crippen LogP contribution in [-0.2, 0) is 4.79 Å². The summed E-state index contributed by atoms with van der Waals surface area (Å²) >= 11 is 0. The van der Waals surface area contributed by atoms with E-state index >= 15 is 0 Å². The Balaban J connectivity index is 0.000000158. The molecule has 1 saturated carbocycles. The third kappa shape index (κ3) is 7.88. The zero-order valence-corrected chi connectivity index (χ0v) is 31.4. The van der Waals surface area contributed by atoms with Gasteiger partial charge >= 0.3 is 0 Å². The Hall–Kier alpha value is -5.81. The lowest BCUT2D eigenvalue weighted by Crippen LogP contribution is -2.32. The number of benzene rings is 4. The number of aromatic hydroxyl groups is 2. The largest absolute Gasteiger partial charge is 0.507 e. The van der Waals surface area contributed by atoms with Crippen molar-refractivity contribution >= 4 is 39.3 Å². The van der Waals surface area contributed by atoms with Gasteiger partial charge in [-0.2, -0.15) is 0 Å². The number of carbonyl (C=O) groups excluding carboxylic acids is 1. The summed E-state index contributed by atoms with van der Waals surface area (Å²) < 4.78 is 0. The lowest BCUT2D eigenvalue weighted by Gasteiger charge is -2.21. The van der Waals surface area contributed by atoms with Crippen molar-refractivity contribution in [2.75, 3.05) is 49.1 Å². The van der Waals surface area contributed by atoms with Crippen molar-refractivity contribution in [2.45, 2.75) is 39.5 Å². The second kappa shape index (κ2) is 15.5. The van der Waals surface area contributed by atoms with Gasteiger partial charge in [0, 0.05) is 49.4 Å². The topological polar surface area (TPSA) is 154 Å². The van der Waals surface area contributed by atoms with Crippen molar-refractivity contribution in [3.05, 3.63) is 96.1 Å². The van der Waals surface area contributed by atoms with E-state index in [4.69, 9.17) is 25.7 Å². The average Bonchev–Trinajstić information content (AvgIpc) is 3.75. The van der Waals surface area contributed by atoms with Crippen LogP contribution < -0.4 is 20.9 Å². The highest BCUT2D eigenvalue weighted by Crippen LogP contribution is 2.36. The van der Waals surface area contributed by atoms with E-state index < -0.39 is 0 Å². The molecule has 11 heteroatoms. The molecule has 282 valence electrons. The molecule has 1 amide bonds. The number of nitrogens with zero attached hydrogens (tertiary/aromatic N) is 6. The predicted molar refractivity (Wildman–Crippen MR) is 218 cm³/mol. The van der Waals surface area contributed by atoms with Gasteiger partial charge in [-0.1, -0.05) is 36.4 Å². The van der Waals surface area contributed by atoms with Crippen molar-refractivity contribution in [3.63, 3.8) is 0 Å². The standard InChI is InChI=1S/C24H26N4O2.C20H22N4O/c1-15-6-9-18-20(12-15)26-22(19-4-2-3-5-21(19)29)27-23(18)28-11-10-16(14-28)13-25-24(30)17-7-8-17;1-13-6-7-15-17(10-13)22-19(16-4-2-3-5-18(16)25)23-20(15)24-9-8-14(11-21)12-24/h2-6,9,12,16-17,29H,7-8,10-11,13-14H2,1H3,(H,25,30);2-7,10,14,25H,8-9,11-12,21H2,1H3/t16-;14-/m00/s1. The molecule has 0 spiro atoms. The number of hydrogen-bond acceptors (Lipinski definition) is 10. The molecular formula is C44H48N8O3. The molecule has 0 unspecified atom stereocenters. The van der Waals surface area contributed by atoms with Gasteiger partial charge in [0.15, 0.2) is 11.6 Å². The number of hydrogen-bond donors (Lipinski definition) is 4. The van der Waals surface area contributed by atoms with Crippen LogP contribution in [-0.4, -0.2) is 75.3 Å². The van der Waals surface area contributed by atoms with Gasteiger partial charge in [-0.05, 0) is 118 Å². The number of phenolic OH excluding ortho intramolecular Hbond substituents is 2. The first kappa shape index (κ1) is 36.2. The number of aromatic nitrogens is 4. The lowest BCUT2D eigenvalue weighted by atomic mass is 10.1. The fourth-order valence-corrected chi connectivity index (χ4v) is 7.64. The number of fused-ring (bicyclic) bond motifs is 2. The van der Waals surface area contributed by atoms with Crippen LogP contribution in [0.2, 0.25) is 0 Å². The van der Waals surface area contributed by atoms with Crippen LogP contribution in [0.25, 0.3) is 44.6 Å². The van der Waals surface area contributed by atoms with Crippen molar-refractivity contribution in [3.8, 4) is 34.3 Å². The van der Waals surface area contributed by atoms with Gasteiger partial charge in [0.2, 0.25) is 5.91 Å². The number of nitrogens with two attached hydrogens (primary N) is 1. The first-order valence-corrected chi connectivity index (χ1v) is 19.3. The Morgan fingerprint density at radius 2 is 1.18 bits per heavy atom. The number of phenols is 2. The van der Waals surface area contributed by atoms with E-state index in [1.165, 1.54) is 0 Å². The highest BCUT2D eigenvalue weighted by atomic mass is 16.3. The molecule has 2 atom stereocenters. The summed E-state index contributed by atoms with van der Waals surface area (Å²) in [5.74, 6) is 4.67. The normalized spacial score (nSPS) is 18.1. The third-order valence-corrected chi connectivity index (χ3v) is 11.0. The number of anilines is 2. The highest BCUT2D eigenvalue weighted by molar-refractivity contribution is 5.93. The van der Waals surface area contributed by atoms with Crippen LogP contribution in [0.4, 0.5) is 11.6 Å². The minimum Gasteiger partial charge on any atom is -0.507 e. The molecule has 6 aromatic rings. The molecule has 4 aromatic carbocycles. The first-order chi connectivity index (χ1) is 26.7.